The van der Waals surface area contributed by atoms with E-state index in [4.69, 9.17) is 20.9 Å². The lowest BCUT2D eigenvalue weighted by Crippen LogP contribution is -2.09. The summed E-state index contributed by atoms with van der Waals surface area (Å²) < 4.78 is 15.5. The number of ether oxygens (including phenoxy) is 2. The molecule has 0 aliphatic carbocycles. The van der Waals surface area contributed by atoms with Gasteiger partial charge in [0.05, 0.1) is 49.4 Å². The number of hydrogen-bond acceptors (Lipinski definition) is 16. The number of rotatable bonds is 10. The number of aromatic nitrogens is 10. The molecule has 20 nitrogen and oxygen atoms in total. The Hall–Kier alpha value is -7.90. The molecule has 0 saturated heterocycles. The number of methoxy groups -OCH3 is 2. The molecule has 0 aliphatic rings. The summed E-state index contributed by atoms with van der Waals surface area (Å²) in [5.74, 6) is -0.290. The Kier molecular flexibility index (Phi) is 9.20. The minimum atomic E-state index is -0.637. The van der Waals surface area contributed by atoms with E-state index in [2.05, 4.69) is 50.8 Å². The lowest BCUT2D eigenvalue weighted by atomic mass is 10.3. The lowest BCUT2D eigenvalue weighted by molar-refractivity contribution is 0.0592. The molecule has 20 heteroatoms. The number of nitrogens with two attached hydrogens (primary N) is 2. The van der Waals surface area contributed by atoms with Crippen molar-refractivity contribution in [3.8, 4) is 23.0 Å². The number of carbonyl (C=O) groups is 2. The summed E-state index contributed by atoms with van der Waals surface area (Å²) in [4.78, 5) is 33.8. The highest BCUT2D eigenvalue weighted by atomic mass is 16.5. The van der Waals surface area contributed by atoms with Crippen LogP contribution in [0.4, 0.5) is 34.6 Å². The number of nitrogens with zero attached hydrogens (tertiary/aromatic N) is 14. The van der Waals surface area contributed by atoms with Crippen LogP contribution in [-0.2, 0) is 9.47 Å². The number of nitrogen functional groups attached to an aromatic ring is 2. The Labute approximate surface area is 305 Å². The van der Waals surface area contributed by atoms with E-state index in [1.54, 1.807) is 44.2 Å². The summed E-state index contributed by atoms with van der Waals surface area (Å²) >= 11 is 0. The molecule has 5 aromatic heterocycles. The first-order chi connectivity index (χ1) is 26.2. The van der Waals surface area contributed by atoms with Crippen molar-refractivity contribution in [2.45, 2.75) is 13.8 Å². The maximum atomic E-state index is 12.5. The minimum absolute atomic E-state index is 0.0989. The largest absolute Gasteiger partial charge is 0.465 e. The van der Waals surface area contributed by atoms with Crippen molar-refractivity contribution in [2.75, 3.05) is 25.7 Å². The highest BCUT2D eigenvalue weighted by Crippen LogP contribution is 2.34. The second kappa shape index (κ2) is 14.4. The van der Waals surface area contributed by atoms with E-state index >= 15 is 0 Å². The molecule has 54 heavy (non-hydrogen) atoms. The molecular weight excluding hydrogens is 696 g/mol. The van der Waals surface area contributed by atoms with Gasteiger partial charge in [0, 0.05) is 6.07 Å². The SMILES string of the molecule is COC(=O)c1cnn(-c2ccccc2)c1/N=N/c1c(C)nn(-c2cc(-n3nc(C)c(/N=N/c4c(C(=O)OC)cnn4-c4ccccc4)c3N)ncn2)c1N. The van der Waals surface area contributed by atoms with Gasteiger partial charge < -0.3 is 20.9 Å². The van der Waals surface area contributed by atoms with Crippen LogP contribution in [0, 0.1) is 13.8 Å². The molecule has 0 amide bonds. The molecule has 270 valence electrons. The van der Waals surface area contributed by atoms with Crippen molar-refractivity contribution in [1.82, 2.24) is 49.1 Å². The number of carbonyl (C=O) groups excluding carboxylic acids is 2. The topological polar surface area (TPSA) is 251 Å². The number of azo groups is 2. The van der Waals surface area contributed by atoms with Gasteiger partial charge in [-0.2, -0.15) is 29.8 Å². The minimum Gasteiger partial charge on any atom is -0.465 e. The van der Waals surface area contributed by atoms with Crippen LogP contribution in [-0.4, -0.2) is 75.2 Å². The van der Waals surface area contributed by atoms with Gasteiger partial charge in [0.15, 0.2) is 46.3 Å². The third-order valence-corrected chi connectivity index (χ3v) is 7.99. The summed E-state index contributed by atoms with van der Waals surface area (Å²) in [7, 11) is 2.53. The number of anilines is 2. The molecule has 0 unspecified atom stereocenters. The van der Waals surface area contributed by atoms with E-state index in [1.807, 2.05) is 36.4 Å². The molecule has 4 N–H and O–H groups in total. The van der Waals surface area contributed by atoms with Crippen molar-refractivity contribution in [3.63, 3.8) is 0 Å². The van der Waals surface area contributed by atoms with Gasteiger partial charge in [-0.15, -0.1) is 20.5 Å². The van der Waals surface area contributed by atoms with Crippen LogP contribution in [0.15, 0.2) is 106 Å². The standard InChI is InChI=1S/C34H30N16O4/c1-19-27(41-43-31-23(33(51)53-3)16-39-47(31)21-11-7-5-8-12-21)29(35)49(45-19)25-15-26(38-18-37-25)50-30(36)28(20(2)46-50)42-44-32-24(34(52)54-4)17-40-48(32)22-13-9-6-10-14-22/h5-18H,35-36H2,1-4H3/b43-41+,44-42+. The van der Waals surface area contributed by atoms with Crippen molar-refractivity contribution in [1.29, 1.82) is 0 Å². The number of para-hydroxylation sites is 2. The smallest absolute Gasteiger partial charge is 0.343 e. The molecular formula is C34H30N16O4. The number of aryl methyl sites for hydroxylation is 2. The van der Waals surface area contributed by atoms with Crippen LogP contribution >= 0.6 is 0 Å². The molecule has 2 aromatic carbocycles. The normalized spacial score (nSPS) is 11.5. The molecule has 0 radical (unpaired) electrons. The predicted octanol–water partition coefficient (Wildman–Crippen LogP) is 5.40. The number of hydrogen-bond donors (Lipinski definition) is 2. The summed E-state index contributed by atoms with van der Waals surface area (Å²) in [6, 6.07) is 19.8. The zero-order valence-electron chi connectivity index (χ0n) is 29.1. The lowest BCUT2D eigenvalue weighted by Gasteiger charge is -2.07. The molecule has 0 saturated carbocycles. The summed E-state index contributed by atoms with van der Waals surface area (Å²) in [5, 5.41) is 35.1. The van der Waals surface area contributed by atoms with Gasteiger partial charge in [-0.3, -0.25) is 0 Å². The Morgan fingerprint density at radius 1 is 0.611 bits per heavy atom. The quantitative estimate of drug-likeness (QED) is 0.133. The molecule has 7 rings (SSSR count). The van der Waals surface area contributed by atoms with Crippen LogP contribution in [0.1, 0.15) is 32.1 Å². The van der Waals surface area contributed by atoms with Crippen LogP contribution in [0.5, 0.6) is 0 Å². The van der Waals surface area contributed by atoms with Crippen molar-refractivity contribution < 1.29 is 19.1 Å². The Bertz CT molecular complexity index is 2390. The summed E-state index contributed by atoms with van der Waals surface area (Å²) in [6.45, 7) is 3.39. The maximum absolute atomic E-state index is 12.5. The van der Waals surface area contributed by atoms with E-state index in [-0.39, 0.29) is 57.4 Å². The van der Waals surface area contributed by atoms with Crippen LogP contribution in [0.25, 0.3) is 23.0 Å². The fourth-order valence-electron chi connectivity index (χ4n) is 5.33. The van der Waals surface area contributed by atoms with E-state index < -0.39 is 11.9 Å². The van der Waals surface area contributed by atoms with Gasteiger partial charge in [-0.1, -0.05) is 36.4 Å². The molecule has 0 aliphatic heterocycles. The van der Waals surface area contributed by atoms with Crippen LogP contribution < -0.4 is 11.5 Å². The molecule has 0 fully saturated rings. The average molecular weight is 727 g/mol. The molecule has 0 atom stereocenters. The first-order valence-corrected chi connectivity index (χ1v) is 16.0. The second-order valence-electron chi connectivity index (χ2n) is 11.3. The van der Waals surface area contributed by atoms with Crippen molar-refractivity contribution in [3.05, 3.63) is 108 Å². The highest BCUT2D eigenvalue weighted by Gasteiger charge is 2.23. The van der Waals surface area contributed by atoms with E-state index in [0.717, 1.165) is 0 Å². The number of esters is 2. The molecule has 7 aromatic rings. The predicted molar refractivity (Wildman–Crippen MR) is 193 cm³/mol. The fraction of sp³-hybridized carbons (Fsp3) is 0.118. The monoisotopic (exact) mass is 726 g/mol. The van der Waals surface area contributed by atoms with Crippen LogP contribution in [0.2, 0.25) is 0 Å². The van der Waals surface area contributed by atoms with Gasteiger partial charge in [-0.25, -0.2) is 28.9 Å². The first kappa shape index (κ1) is 34.5. The van der Waals surface area contributed by atoms with E-state index in [0.29, 0.717) is 22.8 Å². The van der Waals surface area contributed by atoms with E-state index in [9.17, 15) is 9.59 Å². The zero-order chi connectivity index (χ0) is 37.9. The van der Waals surface area contributed by atoms with E-state index in [1.165, 1.54) is 51.7 Å². The molecule has 0 spiro atoms. The maximum Gasteiger partial charge on any atom is 0.343 e. The Balaban J connectivity index is 1.21. The molecule has 5 heterocycles. The average Bonchev–Trinajstić information content (AvgIpc) is 3.96. The molecule has 0 bridgehead atoms. The van der Waals surface area contributed by atoms with Crippen molar-refractivity contribution >= 4 is 46.6 Å². The van der Waals surface area contributed by atoms with Gasteiger partial charge in [0.25, 0.3) is 0 Å². The highest BCUT2D eigenvalue weighted by molar-refractivity contribution is 5.94. The van der Waals surface area contributed by atoms with Gasteiger partial charge in [-0.05, 0) is 38.1 Å². The fourth-order valence-corrected chi connectivity index (χ4v) is 5.33. The zero-order valence-corrected chi connectivity index (χ0v) is 29.1. The number of benzene rings is 2. The Morgan fingerprint density at radius 2 is 1.02 bits per heavy atom. The third kappa shape index (κ3) is 6.29. The van der Waals surface area contributed by atoms with Gasteiger partial charge >= 0.3 is 11.9 Å². The second-order valence-corrected chi connectivity index (χ2v) is 11.3. The Morgan fingerprint density at radius 3 is 1.41 bits per heavy atom. The summed E-state index contributed by atoms with van der Waals surface area (Å²) in [6.07, 6.45) is 4.00. The van der Waals surface area contributed by atoms with Gasteiger partial charge in [0.1, 0.15) is 17.5 Å². The van der Waals surface area contributed by atoms with Crippen molar-refractivity contribution in [2.24, 2.45) is 20.5 Å². The first-order valence-electron chi connectivity index (χ1n) is 16.0. The summed E-state index contributed by atoms with van der Waals surface area (Å²) in [5.41, 5.74) is 15.9. The van der Waals surface area contributed by atoms with Crippen LogP contribution in [0.3, 0.4) is 0 Å². The van der Waals surface area contributed by atoms with Gasteiger partial charge in [0.2, 0.25) is 0 Å². The third-order valence-electron chi connectivity index (χ3n) is 7.99.